The third-order valence-corrected chi connectivity index (χ3v) is 2.93. The Bertz CT molecular complexity index is 742. The molecule has 0 saturated carbocycles. The third-order valence-electron chi connectivity index (χ3n) is 2.76. The van der Waals surface area contributed by atoms with E-state index in [1.54, 1.807) is 13.4 Å². The molecule has 7 heteroatoms. The molecular formula is C13H12ClN5O. The number of methoxy groups -OCH3 is 1. The number of hydrogen-bond acceptors (Lipinski definition) is 5. The number of H-pyrrole nitrogens is 1. The molecule has 6 nitrogen and oxygen atoms in total. The number of rotatable bonds is 4. The molecule has 0 unspecified atom stereocenters. The quantitative estimate of drug-likeness (QED) is 0.722. The molecule has 0 amide bonds. The summed E-state index contributed by atoms with van der Waals surface area (Å²) >= 11 is 5.89. The van der Waals surface area contributed by atoms with Crippen LogP contribution in [0.15, 0.2) is 30.6 Å². The summed E-state index contributed by atoms with van der Waals surface area (Å²) < 4.78 is 5.12. The van der Waals surface area contributed by atoms with Gasteiger partial charge in [0.05, 0.1) is 12.9 Å². The van der Waals surface area contributed by atoms with Crippen molar-refractivity contribution in [2.24, 2.45) is 0 Å². The van der Waals surface area contributed by atoms with Crippen LogP contribution < -0.4 is 5.32 Å². The van der Waals surface area contributed by atoms with Crippen molar-refractivity contribution in [2.75, 3.05) is 12.4 Å². The number of aromatic nitrogens is 4. The summed E-state index contributed by atoms with van der Waals surface area (Å²) in [5.74, 6) is 0.590. The smallest absolute Gasteiger partial charge is 0.226 e. The molecule has 1 aromatic carbocycles. The lowest BCUT2D eigenvalue weighted by atomic mass is 10.2. The van der Waals surface area contributed by atoms with Crippen LogP contribution in [0.4, 0.5) is 11.5 Å². The number of imidazole rings is 1. The zero-order valence-electron chi connectivity index (χ0n) is 10.7. The highest BCUT2D eigenvalue weighted by atomic mass is 35.5. The molecule has 0 atom stereocenters. The van der Waals surface area contributed by atoms with Gasteiger partial charge in [0.25, 0.3) is 0 Å². The number of anilines is 2. The Kier molecular flexibility index (Phi) is 3.49. The van der Waals surface area contributed by atoms with E-state index in [0.717, 1.165) is 11.3 Å². The summed E-state index contributed by atoms with van der Waals surface area (Å²) in [4.78, 5) is 15.3. The first-order chi connectivity index (χ1) is 9.76. The number of halogens is 1. The van der Waals surface area contributed by atoms with Crippen molar-refractivity contribution in [3.8, 4) is 0 Å². The van der Waals surface area contributed by atoms with Crippen LogP contribution in [0.1, 0.15) is 5.56 Å². The number of nitrogens with one attached hydrogen (secondary N) is 2. The molecule has 2 N–H and O–H groups in total. The van der Waals surface area contributed by atoms with Gasteiger partial charge in [0.2, 0.25) is 5.28 Å². The number of ether oxygens (including phenoxy) is 1. The minimum absolute atomic E-state index is 0.153. The lowest BCUT2D eigenvalue weighted by Crippen LogP contribution is -1.98. The molecule has 0 aliphatic carbocycles. The minimum atomic E-state index is 0.153. The fourth-order valence-electron chi connectivity index (χ4n) is 1.94. The van der Waals surface area contributed by atoms with Gasteiger partial charge in [-0.25, -0.2) is 4.98 Å². The number of fused-ring (bicyclic) bond motifs is 1. The van der Waals surface area contributed by atoms with Crippen LogP contribution in [0.5, 0.6) is 0 Å². The average molecular weight is 290 g/mol. The Labute approximate surface area is 120 Å². The van der Waals surface area contributed by atoms with E-state index in [1.807, 2.05) is 24.3 Å². The van der Waals surface area contributed by atoms with Crippen molar-refractivity contribution in [1.82, 2.24) is 19.9 Å². The van der Waals surface area contributed by atoms with Crippen molar-refractivity contribution in [3.63, 3.8) is 0 Å². The molecule has 0 aliphatic rings. The maximum Gasteiger partial charge on any atom is 0.226 e. The summed E-state index contributed by atoms with van der Waals surface area (Å²) in [6.07, 6.45) is 1.56. The van der Waals surface area contributed by atoms with Crippen LogP contribution in [0.3, 0.4) is 0 Å². The third kappa shape index (κ3) is 2.56. The van der Waals surface area contributed by atoms with Gasteiger partial charge >= 0.3 is 0 Å². The fourth-order valence-corrected chi connectivity index (χ4v) is 2.10. The summed E-state index contributed by atoms with van der Waals surface area (Å²) in [6.45, 7) is 0.555. The Hall–Kier alpha value is -2.18. The van der Waals surface area contributed by atoms with E-state index in [2.05, 4.69) is 25.3 Å². The van der Waals surface area contributed by atoms with Crippen LogP contribution in [0, 0.1) is 0 Å². The highest BCUT2D eigenvalue weighted by Gasteiger charge is 2.09. The van der Waals surface area contributed by atoms with Gasteiger partial charge < -0.3 is 15.0 Å². The monoisotopic (exact) mass is 289 g/mol. The highest BCUT2D eigenvalue weighted by molar-refractivity contribution is 6.28. The standard InChI is InChI=1S/C13H12ClN5O/c1-20-6-8-3-2-4-9(5-8)17-12-10-11(16-7-15-10)18-13(14)19-12/h2-5,7H,6H2,1H3,(H2,15,16,17,18,19). The van der Waals surface area contributed by atoms with Gasteiger partial charge in [-0.15, -0.1) is 0 Å². The van der Waals surface area contributed by atoms with Gasteiger partial charge in [-0.2, -0.15) is 9.97 Å². The summed E-state index contributed by atoms with van der Waals surface area (Å²) in [5, 5.41) is 3.36. The SMILES string of the molecule is COCc1cccc(Nc2nc(Cl)nc3nc[nH]c23)c1. The first kappa shape index (κ1) is 12.8. The maximum atomic E-state index is 5.89. The Balaban J connectivity index is 1.96. The molecule has 102 valence electrons. The second-order valence-electron chi connectivity index (χ2n) is 4.20. The molecule has 0 saturated heterocycles. The number of aromatic amines is 1. The molecule has 0 radical (unpaired) electrons. The topological polar surface area (TPSA) is 75.7 Å². The van der Waals surface area contributed by atoms with Crippen LogP contribution in [0.25, 0.3) is 11.2 Å². The van der Waals surface area contributed by atoms with Crippen molar-refractivity contribution in [1.29, 1.82) is 0 Å². The van der Waals surface area contributed by atoms with Gasteiger partial charge in [0.1, 0.15) is 5.52 Å². The van der Waals surface area contributed by atoms with Gasteiger partial charge in [-0.3, -0.25) is 0 Å². The molecule has 0 bridgehead atoms. The molecule has 3 aromatic rings. The van der Waals surface area contributed by atoms with E-state index < -0.39 is 0 Å². The normalized spacial score (nSPS) is 10.9. The molecule has 2 aromatic heterocycles. The lowest BCUT2D eigenvalue weighted by Gasteiger charge is -2.08. The van der Waals surface area contributed by atoms with Crippen LogP contribution in [0.2, 0.25) is 5.28 Å². The predicted molar refractivity (Wildman–Crippen MR) is 77.1 cm³/mol. The second-order valence-corrected chi connectivity index (χ2v) is 4.54. The predicted octanol–water partition coefficient (Wildman–Crippen LogP) is 2.90. The van der Waals surface area contributed by atoms with Crippen LogP contribution >= 0.6 is 11.6 Å². The first-order valence-corrected chi connectivity index (χ1v) is 6.35. The van der Waals surface area contributed by atoms with Crippen molar-refractivity contribution < 1.29 is 4.74 Å². The van der Waals surface area contributed by atoms with E-state index in [1.165, 1.54) is 0 Å². The summed E-state index contributed by atoms with van der Waals surface area (Å²) in [6, 6.07) is 7.87. The largest absolute Gasteiger partial charge is 0.380 e. The van der Waals surface area contributed by atoms with Crippen LogP contribution in [-0.2, 0) is 11.3 Å². The van der Waals surface area contributed by atoms with Crippen molar-refractivity contribution >= 4 is 34.3 Å². The molecule has 0 spiro atoms. The van der Waals surface area contributed by atoms with E-state index in [0.29, 0.717) is 23.6 Å². The molecule has 2 heterocycles. The molecule has 0 aliphatic heterocycles. The number of nitrogens with zero attached hydrogens (tertiary/aromatic N) is 3. The van der Waals surface area contributed by atoms with E-state index >= 15 is 0 Å². The molecule has 3 rings (SSSR count). The number of hydrogen-bond donors (Lipinski definition) is 2. The minimum Gasteiger partial charge on any atom is -0.380 e. The summed E-state index contributed by atoms with van der Waals surface area (Å²) in [7, 11) is 1.67. The zero-order chi connectivity index (χ0) is 13.9. The van der Waals surface area contributed by atoms with Gasteiger partial charge in [-0.1, -0.05) is 12.1 Å². The van der Waals surface area contributed by atoms with Crippen LogP contribution in [-0.4, -0.2) is 27.0 Å². The van der Waals surface area contributed by atoms with Gasteiger partial charge in [0, 0.05) is 12.8 Å². The van der Waals surface area contributed by atoms with E-state index in [-0.39, 0.29) is 5.28 Å². The average Bonchev–Trinajstić information content (AvgIpc) is 2.87. The summed E-state index contributed by atoms with van der Waals surface area (Å²) in [5.41, 5.74) is 3.20. The van der Waals surface area contributed by atoms with E-state index in [4.69, 9.17) is 16.3 Å². The Morgan fingerprint density at radius 3 is 3.10 bits per heavy atom. The second kappa shape index (κ2) is 5.44. The lowest BCUT2D eigenvalue weighted by molar-refractivity contribution is 0.185. The van der Waals surface area contributed by atoms with Crippen molar-refractivity contribution in [3.05, 3.63) is 41.4 Å². The van der Waals surface area contributed by atoms with Gasteiger partial charge in [-0.05, 0) is 29.3 Å². The fraction of sp³-hybridized carbons (Fsp3) is 0.154. The Morgan fingerprint density at radius 2 is 2.25 bits per heavy atom. The highest BCUT2D eigenvalue weighted by Crippen LogP contribution is 2.23. The Morgan fingerprint density at radius 1 is 1.35 bits per heavy atom. The molecule has 20 heavy (non-hydrogen) atoms. The maximum absolute atomic E-state index is 5.89. The first-order valence-electron chi connectivity index (χ1n) is 5.98. The number of benzene rings is 1. The molecular weight excluding hydrogens is 278 g/mol. The van der Waals surface area contributed by atoms with Gasteiger partial charge in [0.15, 0.2) is 11.5 Å². The molecule has 0 fully saturated rings. The zero-order valence-corrected chi connectivity index (χ0v) is 11.5. The van der Waals surface area contributed by atoms with E-state index in [9.17, 15) is 0 Å². The van der Waals surface area contributed by atoms with Crippen molar-refractivity contribution in [2.45, 2.75) is 6.61 Å².